The Kier molecular flexibility index (Phi) is 5.04. The number of rotatable bonds is 2. The molecular formula is C2H5AsCl2O. The van der Waals surface area contributed by atoms with Crippen molar-refractivity contribution in [3.63, 3.8) is 0 Å². The average molecular weight is 191 g/mol. The van der Waals surface area contributed by atoms with Crippen LogP contribution >= 0.6 is 19.9 Å². The molecule has 0 atom stereocenters. The van der Waals surface area contributed by atoms with E-state index in [4.69, 9.17) is 23.6 Å². The van der Waals surface area contributed by atoms with Gasteiger partial charge in [-0.05, 0) is 0 Å². The van der Waals surface area contributed by atoms with E-state index in [1.807, 2.05) is 6.92 Å². The van der Waals surface area contributed by atoms with Gasteiger partial charge in [0.15, 0.2) is 0 Å². The standard InChI is InChI=1S/C2H5AsCl2O/c1-2-6-3(4)5/h2H2,1H3. The molecule has 0 bridgehead atoms. The summed E-state index contributed by atoms with van der Waals surface area (Å²) < 4.78 is 4.72. The molecule has 0 radical (unpaired) electrons. The average Bonchev–Trinajstić information content (AvgIpc) is 1.35. The van der Waals surface area contributed by atoms with Gasteiger partial charge in [-0.25, -0.2) is 0 Å². The Labute approximate surface area is 50.5 Å². The molecule has 0 aliphatic heterocycles. The summed E-state index contributed by atoms with van der Waals surface area (Å²) in [7, 11) is 10.5. The van der Waals surface area contributed by atoms with Crippen molar-refractivity contribution in [1.82, 2.24) is 0 Å². The zero-order chi connectivity index (χ0) is 4.99. The Morgan fingerprint density at radius 1 is 1.67 bits per heavy atom. The zero-order valence-electron chi connectivity index (χ0n) is 3.32. The van der Waals surface area contributed by atoms with Gasteiger partial charge in [0.2, 0.25) is 0 Å². The maximum absolute atomic E-state index is 5.27. The van der Waals surface area contributed by atoms with Crippen LogP contribution in [0.3, 0.4) is 0 Å². The molecule has 0 saturated heterocycles. The molecule has 0 aliphatic carbocycles. The first-order valence-electron chi connectivity index (χ1n) is 1.52. The van der Waals surface area contributed by atoms with E-state index in [0.717, 1.165) is 0 Å². The van der Waals surface area contributed by atoms with Crippen molar-refractivity contribution >= 4 is 33.0 Å². The van der Waals surface area contributed by atoms with Crippen molar-refractivity contribution in [3.05, 3.63) is 0 Å². The van der Waals surface area contributed by atoms with Gasteiger partial charge in [-0.1, -0.05) is 0 Å². The Balaban J connectivity index is 2.63. The molecular weight excluding hydrogens is 186 g/mol. The van der Waals surface area contributed by atoms with E-state index in [-0.39, 0.29) is 0 Å². The Morgan fingerprint density at radius 3 is 2.17 bits per heavy atom. The van der Waals surface area contributed by atoms with Crippen LogP contribution in [0.4, 0.5) is 0 Å². The maximum atomic E-state index is 5.27. The predicted octanol–water partition coefficient (Wildman–Crippen LogP) is 1.49. The summed E-state index contributed by atoms with van der Waals surface area (Å²) in [4.78, 5) is 0. The second kappa shape index (κ2) is 4.26. The summed E-state index contributed by atoms with van der Waals surface area (Å²) in [5.74, 6) is 0. The second-order valence-electron chi connectivity index (χ2n) is 0.620. The van der Waals surface area contributed by atoms with Gasteiger partial charge < -0.3 is 0 Å². The fourth-order valence-corrected chi connectivity index (χ4v) is 1.52. The molecule has 0 unspecified atom stereocenters. The summed E-state index contributed by atoms with van der Waals surface area (Å²) in [6.45, 7) is 2.50. The van der Waals surface area contributed by atoms with E-state index in [1.165, 1.54) is 0 Å². The van der Waals surface area contributed by atoms with Crippen molar-refractivity contribution in [2.75, 3.05) is 6.61 Å². The third-order valence-electron chi connectivity index (χ3n) is 0.227. The molecule has 0 aliphatic rings. The molecule has 38 valence electrons. The van der Waals surface area contributed by atoms with Crippen molar-refractivity contribution < 1.29 is 3.73 Å². The van der Waals surface area contributed by atoms with Gasteiger partial charge in [-0.2, -0.15) is 0 Å². The van der Waals surface area contributed by atoms with Gasteiger partial charge in [0, 0.05) is 0 Å². The summed E-state index contributed by atoms with van der Waals surface area (Å²) >= 11 is -1.78. The number of hydrogen-bond donors (Lipinski definition) is 0. The monoisotopic (exact) mass is 190 g/mol. The van der Waals surface area contributed by atoms with Crippen LogP contribution in [0, 0.1) is 0 Å². The summed E-state index contributed by atoms with van der Waals surface area (Å²) in [6, 6.07) is 0. The molecule has 0 aromatic carbocycles. The molecule has 0 saturated carbocycles. The Hall–Kier alpha value is 1.10. The molecule has 0 amide bonds. The van der Waals surface area contributed by atoms with Crippen molar-refractivity contribution in [2.45, 2.75) is 6.92 Å². The Morgan fingerprint density at radius 2 is 2.17 bits per heavy atom. The topological polar surface area (TPSA) is 9.23 Å². The first kappa shape index (κ1) is 7.10. The minimum absolute atomic E-state index is 0.632. The zero-order valence-corrected chi connectivity index (χ0v) is 6.71. The van der Waals surface area contributed by atoms with Gasteiger partial charge in [-0.15, -0.1) is 0 Å². The molecule has 1 nitrogen and oxygen atoms in total. The third-order valence-corrected chi connectivity index (χ3v) is 2.19. The van der Waals surface area contributed by atoms with E-state index in [0.29, 0.717) is 6.61 Å². The van der Waals surface area contributed by atoms with Gasteiger partial charge in [-0.3, -0.25) is 0 Å². The van der Waals surface area contributed by atoms with E-state index in [9.17, 15) is 0 Å². The molecule has 6 heavy (non-hydrogen) atoms. The van der Waals surface area contributed by atoms with Crippen LogP contribution in [0.1, 0.15) is 6.92 Å². The molecule has 4 heteroatoms. The molecule has 0 aromatic heterocycles. The van der Waals surface area contributed by atoms with Crippen molar-refractivity contribution in [3.8, 4) is 0 Å². The predicted molar refractivity (Wildman–Crippen MR) is 29.1 cm³/mol. The molecule has 0 rings (SSSR count). The fourth-order valence-electron chi connectivity index (χ4n) is 0.0976. The van der Waals surface area contributed by atoms with Crippen LogP contribution in [0.15, 0.2) is 0 Å². The van der Waals surface area contributed by atoms with Gasteiger partial charge in [0.1, 0.15) is 0 Å². The van der Waals surface area contributed by atoms with Crippen molar-refractivity contribution in [2.24, 2.45) is 0 Å². The number of hydrogen-bond acceptors (Lipinski definition) is 1. The fraction of sp³-hybridized carbons (Fsp3) is 1.00. The molecule has 0 aromatic rings. The number of halogens is 2. The van der Waals surface area contributed by atoms with Gasteiger partial charge in [0.05, 0.1) is 0 Å². The minimum atomic E-state index is -1.78. The van der Waals surface area contributed by atoms with Crippen LogP contribution in [-0.4, -0.2) is 19.7 Å². The van der Waals surface area contributed by atoms with Crippen LogP contribution in [-0.2, 0) is 3.73 Å². The van der Waals surface area contributed by atoms with Crippen LogP contribution < -0.4 is 0 Å². The quantitative estimate of drug-likeness (QED) is 0.600. The van der Waals surface area contributed by atoms with E-state index >= 15 is 0 Å². The first-order chi connectivity index (χ1) is 2.77. The van der Waals surface area contributed by atoms with Crippen LogP contribution in [0.5, 0.6) is 0 Å². The second-order valence-corrected chi connectivity index (χ2v) is 6.10. The summed E-state index contributed by atoms with van der Waals surface area (Å²) in [5, 5.41) is 0. The molecule has 0 spiro atoms. The van der Waals surface area contributed by atoms with E-state index < -0.39 is 13.1 Å². The molecule has 0 N–H and O–H groups in total. The van der Waals surface area contributed by atoms with Gasteiger partial charge in [0.25, 0.3) is 0 Å². The van der Waals surface area contributed by atoms with Crippen LogP contribution in [0.2, 0.25) is 0 Å². The van der Waals surface area contributed by atoms with E-state index in [2.05, 4.69) is 0 Å². The van der Waals surface area contributed by atoms with Crippen LogP contribution in [0.25, 0.3) is 0 Å². The van der Waals surface area contributed by atoms with Crippen molar-refractivity contribution in [1.29, 1.82) is 0 Å². The summed E-state index contributed by atoms with van der Waals surface area (Å²) in [5.41, 5.74) is 0. The Bertz CT molecular complexity index is 32.7. The SMILES string of the molecule is CCO[As](Cl)Cl. The van der Waals surface area contributed by atoms with E-state index in [1.54, 1.807) is 0 Å². The first-order valence-corrected chi connectivity index (χ1v) is 7.21. The molecule has 0 fully saturated rings. The van der Waals surface area contributed by atoms with Gasteiger partial charge >= 0.3 is 50.3 Å². The summed E-state index contributed by atoms with van der Waals surface area (Å²) in [6.07, 6.45) is 0. The molecule has 0 heterocycles. The third kappa shape index (κ3) is 5.10. The normalized spacial score (nSPS) is 10.0.